The van der Waals surface area contributed by atoms with Crippen molar-refractivity contribution in [3.8, 4) is 51.2 Å². The van der Waals surface area contributed by atoms with Crippen LogP contribution in [0.3, 0.4) is 0 Å². The highest BCUT2D eigenvalue weighted by atomic mass is 15.1. The van der Waals surface area contributed by atoms with Gasteiger partial charge in [-0.1, -0.05) is 151 Å². The quantitative estimate of drug-likeness (QED) is 0.168. The smallest absolute Gasteiger partial charge is 0.164 e. The molecule has 0 bridgehead atoms. The molecular formula is C59H40N6. The number of aryl methyl sites for hydroxylation is 2. The summed E-state index contributed by atoms with van der Waals surface area (Å²) in [6.45, 7) is 4.31. The Kier molecular flexibility index (Phi) is 8.24. The van der Waals surface area contributed by atoms with E-state index in [0.717, 1.165) is 44.8 Å². The molecule has 6 heteroatoms. The van der Waals surface area contributed by atoms with E-state index in [2.05, 4.69) is 173 Å². The van der Waals surface area contributed by atoms with Crippen LogP contribution >= 0.6 is 0 Å². The summed E-state index contributed by atoms with van der Waals surface area (Å²) in [6, 6.07) is 73.7. The van der Waals surface area contributed by atoms with E-state index in [4.69, 9.17) is 15.0 Å². The van der Waals surface area contributed by atoms with E-state index in [1.165, 1.54) is 65.5 Å². The van der Waals surface area contributed by atoms with Crippen molar-refractivity contribution >= 4 is 65.4 Å². The highest BCUT2D eigenvalue weighted by Gasteiger charge is 2.29. The van der Waals surface area contributed by atoms with Crippen molar-refractivity contribution in [1.82, 2.24) is 28.7 Å². The molecule has 0 saturated heterocycles. The second-order valence-corrected chi connectivity index (χ2v) is 17.0. The Balaban J connectivity index is 1.15. The van der Waals surface area contributed by atoms with E-state index >= 15 is 0 Å². The summed E-state index contributed by atoms with van der Waals surface area (Å²) in [6.07, 6.45) is 0. The third-order valence-corrected chi connectivity index (χ3v) is 13.0. The van der Waals surface area contributed by atoms with Gasteiger partial charge in [0.1, 0.15) is 0 Å². The van der Waals surface area contributed by atoms with Crippen LogP contribution in [0.15, 0.2) is 206 Å². The van der Waals surface area contributed by atoms with Crippen LogP contribution in [0.4, 0.5) is 0 Å². The second-order valence-electron chi connectivity index (χ2n) is 17.0. The van der Waals surface area contributed by atoms with E-state index in [-0.39, 0.29) is 0 Å². The number of benzene rings is 9. The first-order valence-corrected chi connectivity index (χ1v) is 22.1. The number of aromatic nitrogens is 6. The molecule has 0 fully saturated rings. The van der Waals surface area contributed by atoms with E-state index in [1.807, 2.05) is 60.7 Å². The van der Waals surface area contributed by atoms with E-state index in [9.17, 15) is 0 Å². The summed E-state index contributed by atoms with van der Waals surface area (Å²) in [5.74, 6) is 1.91. The van der Waals surface area contributed by atoms with Crippen LogP contribution in [-0.2, 0) is 0 Å². The molecule has 0 spiro atoms. The largest absolute Gasteiger partial charge is 0.309 e. The Morgan fingerprint density at radius 2 is 0.585 bits per heavy atom. The SMILES string of the molecule is Cc1ccc(-n2c3ccccc3c3c4c5ccccc5n(-c5ccc(-c6nc(-c7ccccc7)nc(-c7ccccc7)n6)cc5)c4c4c5ccccc5n(-c5ccc(C)cc5)c4c32)cc1. The van der Waals surface area contributed by atoms with Gasteiger partial charge in [0.15, 0.2) is 17.5 Å². The van der Waals surface area contributed by atoms with Crippen molar-refractivity contribution in [2.45, 2.75) is 13.8 Å². The van der Waals surface area contributed by atoms with Gasteiger partial charge < -0.3 is 13.7 Å². The molecule has 0 aliphatic heterocycles. The molecule has 13 aromatic rings. The maximum absolute atomic E-state index is 5.06. The summed E-state index contributed by atoms with van der Waals surface area (Å²) in [4.78, 5) is 15.1. The zero-order valence-corrected chi connectivity index (χ0v) is 35.8. The van der Waals surface area contributed by atoms with Crippen molar-refractivity contribution in [1.29, 1.82) is 0 Å². The molecule has 13 rings (SSSR count). The lowest BCUT2D eigenvalue weighted by molar-refractivity contribution is 1.07. The third-order valence-electron chi connectivity index (χ3n) is 13.0. The number of rotatable bonds is 6. The lowest BCUT2D eigenvalue weighted by Gasteiger charge is -2.15. The minimum absolute atomic E-state index is 0.626. The van der Waals surface area contributed by atoms with Crippen molar-refractivity contribution in [2.75, 3.05) is 0 Å². The molecule has 0 saturated carbocycles. The van der Waals surface area contributed by atoms with Crippen molar-refractivity contribution in [3.05, 3.63) is 217 Å². The number of hydrogen-bond acceptors (Lipinski definition) is 3. The minimum Gasteiger partial charge on any atom is -0.309 e. The molecule has 6 nitrogen and oxygen atoms in total. The Morgan fingerprint density at radius 3 is 1.02 bits per heavy atom. The van der Waals surface area contributed by atoms with Crippen LogP contribution in [0.5, 0.6) is 0 Å². The number of nitrogens with zero attached hydrogens (tertiary/aromatic N) is 6. The molecule has 0 amide bonds. The summed E-state index contributed by atoms with van der Waals surface area (Å²) in [5, 5.41) is 7.29. The van der Waals surface area contributed by atoms with Gasteiger partial charge in [-0.25, -0.2) is 15.0 Å². The van der Waals surface area contributed by atoms with E-state index in [1.54, 1.807) is 0 Å². The van der Waals surface area contributed by atoms with Crippen LogP contribution in [-0.4, -0.2) is 28.7 Å². The van der Waals surface area contributed by atoms with Gasteiger partial charge in [0.25, 0.3) is 0 Å². The number of hydrogen-bond donors (Lipinski definition) is 0. The first kappa shape index (κ1) is 37.0. The van der Waals surface area contributed by atoms with Crippen LogP contribution in [0, 0.1) is 13.8 Å². The highest BCUT2D eigenvalue weighted by molar-refractivity contribution is 6.40. The fourth-order valence-electron chi connectivity index (χ4n) is 10.0. The van der Waals surface area contributed by atoms with Crippen LogP contribution in [0.2, 0.25) is 0 Å². The van der Waals surface area contributed by atoms with E-state index in [0.29, 0.717) is 17.5 Å². The van der Waals surface area contributed by atoms with Gasteiger partial charge in [0, 0.05) is 66.1 Å². The maximum atomic E-state index is 5.06. The number of fused-ring (bicyclic) bond motifs is 12. The second kappa shape index (κ2) is 14.5. The predicted octanol–water partition coefficient (Wildman–Crippen LogP) is 14.8. The van der Waals surface area contributed by atoms with Gasteiger partial charge in [-0.15, -0.1) is 0 Å². The van der Waals surface area contributed by atoms with Gasteiger partial charge in [-0.3, -0.25) is 0 Å². The van der Waals surface area contributed by atoms with Crippen LogP contribution in [0.1, 0.15) is 11.1 Å². The topological polar surface area (TPSA) is 53.5 Å². The fraction of sp³-hybridized carbons (Fsp3) is 0.0339. The summed E-state index contributed by atoms with van der Waals surface area (Å²) < 4.78 is 7.48. The average Bonchev–Trinajstić information content (AvgIpc) is 4.01. The Labute approximate surface area is 375 Å². The van der Waals surface area contributed by atoms with Crippen molar-refractivity contribution in [3.63, 3.8) is 0 Å². The molecule has 306 valence electrons. The van der Waals surface area contributed by atoms with Crippen LogP contribution < -0.4 is 0 Å². The molecule has 4 aromatic heterocycles. The van der Waals surface area contributed by atoms with Crippen molar-refractivity contribution < 1.29 is 0 Å². The van der Waals surface area contributed by atoms with Crippen LogP contribution in [0.25, 0.3) is 117 Å². The molecule has 0 unspecified atom stereocenters. The third kappa shape index (κ3) is 5.70. The van der Waals surface area contributed by atoms with Gasteiger partial charge >= 0.3 is 0 Å². The zero-order chi connectivity index (χ0) is 43.2. The lowest BCUT2D eigenvalue weighted by atomic mass is 10.0. The summed E-state index contributed by atoms with van der Waals surface area (Å²) in [5.41, 5.74) is 15.6. The zero-order valence-electron chi connectivity index (χ0n) is 35.8. The molecule has 0 atom stereocenters. The highest BCUT2D eigenvalue weighted by Crippen LogP contribution is 2.50. The molecule has 9 aromatic carbocycles. The number of para-hydroxylation sites is 3. The van der Waals surface area contributed by atoms with Gasteiger partial charge in [0.05, 0.1) is 33.1 Å². The molecule has 0 radical (unpaired) electrons. The molecule has 4 heterocycles. The van der Waals surface area contributed by atoms with Gasteiger partial charge in [0.2, 0.25) is 0 Å². The Bertz CT molecular complexity index is 3910. The predicted molar refractivity (Wildman–Crippen MR) is 269 cm³/mol. The first-order valence-electron chi connectivity index (χ1n) is 22.1. The minimum atomic E-state index is 0.626. The van der Waals surface area contributed by atoms with E-state index < -0.39 is 0 Å². The molecule has 0 aliphatic carbocycles. The monoisotopic (exact) mass is 832 g/mol. The maximum Gasteiger partial charge on any atom is 0.164 e. The normalized spacial score (nSPS) is 11.8. The van der Waals surface area contributed by atoms with Crippen molar-refractivity contribution in [2.24, 2.45) is 0 Å². The lowest BCUT2D eigenvalue weighted by Crippen LogP contribution is -2.01. The molecule has 65 heavy (non-hydrogen) atoms. The standard InChI is InChI=1S/C59H40N6/c1-37-25-31-42(32-26-37)64-49-23-13-10-20-46(49)52-51-45-19-9-12-22-48(45)63(54(51)53-47-21-11-14-24-50(47)65(56(53)55(52)64)43-33-27-38(2)28-34-43)44-35-29-41(30-36-44)59-61-57(39-15-5-3-6-16-39)60-58(62-59)40-17-7-4-8-18-40/h3-36H,1-2H3. The Hall–Kier alpha value is -8.61. The van der Waals surface area contributed by atoms with Gasteiger partial charge in [-0.05, 0) is 80.6 Å². The molecule has 0 N–H and O–H groups in total. The molecule has 0 aliphatic rings. The summed E-state index contributed by atoms with van der Waals surface area (Å²) >= 11 is 0. The summed E-state index contributed by atoms with van der Waals surface area (Å²) in [7, 11) is 0. The Morgan fingerprint density at radius 1 is 0.277 bits per heavy atom. The first-order chi connectivity index (χ1) is 32.1. The average molecular weight is 833 g/mol. The molecular weight excluding hydrogens is 793 g/mol. The van der Waals surface area contributed by atoms with Gasteiger partial charge in [-0.2, -0.15) is 0 Å². The fourth-order valence-corrected chi connectivity index (χ4v) is 10.0.